The molecule has 0 aliphatic carbocycles. The van der Waals surface area contributed by atoms with Gasteiger partial charge in [-0.3, -0.25) is 9.29 Å². The number of benzene rings is 2. The highest BCUT2D eigenvalue weighted by Gasteiger charge is 2.31. The first-order chi connectivity index (χ1) is 14.9. The van der Waals surface area contributed by atoms with Gasteiger partial charge in [-0.2, -0.15) is 0 Å². The van der Waals surface area contributed by atoms with Gasteiger partial charge in [0.15, 0.2) is 0 Å². The van der Waals surface area contributed by atoms with Gasteiger partial charge in [0.2, 0.25) is 0 Å². The quantitative estimate of drug-likeness (QED) is 0.588. The molecule has 0 bridgehead atoms. The maximum Gasteiger partial charge on any atom is 0.341 e. The summed E-state index contributed by atoms with van der Waals surface area (Å²) in [6.45, 7) is 2.38. The molecule has 2 aromatic carbocycles. The lowest BCUT2D eigenvalue weighted by Gasteiger charge is -2.20. The van der Waals surface area contributed by atoms with Crippen LogP contribution in [0.15, 0.2) is 70.8 Å². The Bertz CT molecular complexity index is 1310. The molecule has 0 unspecified atom stereocenters. The van der Waals surface area contributed by atoms with Crippen LogP contribution < -0.4 is 4.31 Å². The average Bonchev–Trinajstić information content (AvgIpc) is 3.40. The summed E-state index contributed by atoms with van der Waals surface area (Å²) in [7, 11) is -3.71. The summed E-state index contributed by atoms with van der Waals surface area (Å²) in [5, 5.41) is 3.73. The molecule has 3 heterocycles. The number of pyridine rings is 1. The molecule has 0 fully saturated rings. The first-order valence-electron chi connectivity index (χ1n) is 9.88. The number of oxime groups is 1. The van der Waals surface area contributed by atoms with Gasteiger partial charge in [-0.25, -0.2) is 13.2 Å². The highest BCUT2D eigenvalue weighted by Crippen LogP contribution is 2.35. The van der Waals surface area contributed by atoms with E-state index in [0.29, 0.717) is 29.9 Å². The van der Waals surface area contributed by atoms with Gasteiger partial charge >= 0.3 is 5.97 Å². The summed E-state index contributed by atoms with van der Waals surface area (Å²) >= 11 is 0. The molecule has 0 radical (unpaired) electrons. The van der Waals surface area contributed by atoms with E-state index in [2.05, 4.69) is 15.0 Å². The standard InChI is InChI=1S/C23H19N3O4S/c1-15-2-8-20(24-14-15)17-5-9-22-18(12-17)10-11-26(22)31(28,29)19-6-3-16(4-7-19)21-13-23(27)30-25-21/h2-9,12,14H,10-11,13H2,1H3. The van der Waals surface area contributed by atoms with E-state index in [1.165, 1.54) is 4.31 Å². The van der Waals surface area contributed by atoms with Crippen molar-refractivity contribution in [3.8, 4) is 11.3 Å². The molecule has 0 amide bonds. The number of aryl methyl sites for hydroxylation is 1. The minimum atomic E-state index is -3.71. The summed E-state index contributed by atoms with van der Waals surface area (Å²) in [5.74, 6) is -0.416. The molecule has 156 valence electrons. The smallest absolute Gasteiger partial charge is 0.318 e. The fourth-order valence-electron chi connectivity index (χ4n) is 3.83. The van der Waals surface area contributed by atoms with Crippen LogP contribution in [0.5, 0.6) is 0 Å². The van der Waals surface area contributed by atoms with Crippen molar-refractivity contribution < 1.29 is 18.0 Å². The van der Waals surface area contributed by atoms with Crippen molar-refractivity contribution in [2.45, 2.75) is 24.7 Å². The Kier molecular flexibility index (Phi) is 4.59. The number of hydrogen-bond donors (Lipinski definition) is 0. The zero-order valence-corrected chi connectivity index (χ0v) is 17.6. The number of aromatic nitrogens is 1. The predicted molar refractivity (Wildman–Crippen MR) is 116 cm³/mol. The molecule has 0 N–H and O–H groups in total. The van der Waals surface area contributed by atoms with Crippen molar-refractivity contribution in [1.29, 1.82) is 0 Å². The normalized spacial score (nSPS) is 15.6. The van der Waals surface area contributed by atoms with E-state index in [0.717, 1.165) is 22.4 Å². The number of rotatable bonds is 4. The van der Waals surface area contributed by atoms with Gasteiger partial charge in [-0.15, -0.1) is 0 Å². The monoisotopic (exact) mass is 433 g/mol. The number of hydrogen-bond acceptors (Lipinski definition) is 6. The van der Waals surface area contributed by atoms with Gasteiger partial charge in [0.05, 0.1) is 28.4 Å². The number of nitrogens with zero attached hydrogens (tertiary/aromatic N) is 3. The van der Waals surface area contributed by atoms with Crippen LogP contribution in [0.4, 0.5) is 5.69 Å². The van der Waals surface area contributed by atoms with Crippen molar-refractivity contribution in [3.05, 3.63) is 77.5 Å². The van der Waals surface area contributed by atoms with Gasteiger partial charge in [-0.05, 0) is 54.8 Å². The minimum Gasteiger partial charge on any atom is -0.318 e. The van der Waals surface area contributed by atoms with Gasteiger partial charge in [0, 0.05) is 23.9 Å². The van der Waals surface area contributed by atoms with Gasteiger partial charge < -0.3 is 4.84 Å². The van der Waals surface area contributed by atoms with Crippen molar-refractivity contribution in [2.24, 2.45) is 5.16 Å². The summed E-state index contributed by atoms with van der Waals surface area (Å²) in [5.41, 5.74) is 5.76. The third kappa shape index (κ3) is 3.48. The zero-order valence-electron chi connectivity index (χ0n) is 16.8. The number of carbonyl (C=O) groups is 1. The Morgan fingerprint density at radius 3 is 2.45 bits per heavy atom. The van der Waals surface area contributed by atoms with Gasteiger partial charge in [0.1, 0.15) is 0 Å². The van der Waals surface area contributed by atoms with Crippen LogP contribution in [0, 0.1) is 6.92 Å². The van der Waals surface area contributed by atoms with E-state index in [4.69, 9.17) is 0 Å². The van der Waals surface area contributed by atoms with Crippen LogP contribution in [-0.2, 0) is 26.1 Å². The van der Waals surface area contributed by atoms with Crippen molar-refractivity contribution in [2.75, 3.05) is 10.8 Å². The Morgan fingerprint density at radius 2 is 1.77 bits per heavy atom. The fourth-order valence-corrected chi connectivity index (χ4v) is 5.33. The summed E-state index contributed by atoms with van der Waals surface area (Å²) in [4.78, 5) is 20.5. The lowest BCUT2D eigenvalue weighted by atomic mass is 10.1. The van der Waals surface area contributed by atoms with Gasteiger partial charge in [0.25, 0.3) is 10.0 Å². The van der Waals surface area contributed by atoms with Crippen LogP contribution in [-0.4, -0.2) is 31.6 Å². The lowest BCUT2D eigenvalue weighted by molar-refractivity contribution is -0.140. The first-order valence-corrected chi connectivity index (χ1v) is 11.3. The second-order valence-corrected chi connectivity index (χ2v) is 9.46. The summed E-state index contributed by atoms with van der Waals surface area (Å²) in [6.07, 6.45) is 2.55. The largest absolute Gasteiger partial charge is 0.341 e. The van der Waals surface area contributed by atoms with E-state index >= 15 is 0 Å². The molecule has 7 nitrogen and oxygen atoms in total. The van der Waals surface area contributed by atoms with E-state index < -0.39 is 16.0 Å². The lowest BCUT2D eigenvalue weighted by Crippen LogP contribution is -2.29. The van der Waals surface area contributed by atoms with E-state index in [1.807, 2.05) is 43.5 Å². The van der Waals surface area contributed by atoms with Gasteiger partial charge in [-0.1, -0.05) is 29.4 Å². The van der Waals surface area contributed by atoms with E-state index in [-0.39, 0.29) is 11.3 Å². The molecule has 1 aromatic heterocycles. The molecule has 31 heavy (non-hydrogen) atoms. The molecule has 3 aromatic rings. The molecule has 2 aliphatic heterocycles. The highest BCUT2D eigenvalue weighted by molar-refractivity contribution is 7.92. The molecular weight excluding hydrogens is 414 g/mol. The molecular formula is C23H19N3O4S. The SMILES string of the molecule is Cc1ccc(-c2ccc3c(c2)CCN3S(=O)(=O)c2ccc(C3=NOC(=O)C3)cc2)nc1. The summed E-state index contributed by atoms with van der Waals surface area (Å²) in [6, 6.07) is 16.1. The predicted octanol–water partition coefficient (Wildman–Crippen LogP) is 3.46. The Balaban J connectivity index is 1.42. The maximum atomic E-state index is 13.3. The zero-order chi connectivity index (χ0) is 21.6. The van der Waals surface area contributed by atoms with E-state index in [9.17, 15) is 13.2 Å². The topological polar surface area (TPSA) is 88.9 Å². The number of carbonyl (C=O) groups excluding carboxylic acids is 1. The molecule has 0 saturated heterocycles. The number of fused-ring (bicyclic) bond motifs is 1. The van der Waals surface area contributed by atoms with Crippen molar-refractivity contribution in [1.82, 2.24) is 4.98 Å². The minimum absolute atomic E-state index is 0.0871. The number of anilines is 1. The van der Waals surface area contributed by atoms with Crippen LogP contribution in [0.1, 0.15) is 23.1 Å². The average molecular weight is 433 g/mol. The molecule has 0 spiro atoms. The van der Waals surface area contributed by atoms with Crippen molar-refractivity contribution >= 4 is 27.4 Å². The van der Waals surface area contributed by atoms with Crippen molar-refractivity contribution in [3.63, 3.8) is 0 Å². The van der Waals surface area contributed by atoms with Crippen LogP contribution in [0.3, 0.4) is 0 Å². The van der Waals surface area contributed by atoms with E-state index in [1.54, 1.807) is 24.3 Å². The van der Waals surface area contributed by atoms with Crippen LogP contribution in [0.25, 0.3) is 11.3 Å². The first kappa shape index (κ1) is 19.4. The third-order valence-electron chi connectivity index (χ3n) is 5.48. The molecule has 2 aliphatic rings. The molecule has 0 saturated carbocycles. The van der Waals surface area contributed by atoms with Crippen LogP contribution in [0.2, 0.25) is 0 Å². The Labute approximate surface area is 180 Å². The summed E-state index contributed by atoms with van der Waals surface area (Å²) < 4.78 is 28.0. The Morgan fingerprint density at radius 1 is 1.00 bits per heavy atom. The number of sulfonamides is 1. The molecule has 8 heteroatoms. The Hall–Kier alpha value is -3.52. The fraction of sp³-hybridized carbons (Fsp3) is 0.174. The molecule has 5 rings (SSSR count). The third-order valence-corrected chi connectivity index (χ3v) is 7.31. The second-order valence-electron chi connectivity index (χ2n) is 7.59. The molecule has 0 atom stereocenters. The maximum absolute atomic E-state index is 13.3. The second kappa shape index (κ2) is 7.31. The highest BCUT2D eigenvalue weighted by atomic mass is 32.2. The van der Waals surface area contributed by atoms with Crippen LogP contribution >= 0.6 is 0 Å².